The maximum absolute atomic E-state index is 12.7. The number of ether oxygens (including phenoxy) is 1. The number of hydrogen-bond donors (Lipinski definition) is 1. The van der Waals surface area contributed by atoms with Crippen LogP contribution in [0.15, 0.2) is 72.8 Å². The number of carbonyl (C=O) groups is 2. The summed E-state index contributed by atoms with van der Waals surface area (Å²) in [6.07, 6.45) is 2.09. The van der Waals surface area contributed by atoms with E-state index in [0.29, 0.717) is 35.8 Å². The molecule has 1 N–H and O–H groups in total. The fraction of sp³-hybridized carbons (Fsp3) is 0.286. The van der Waals surface area contributed by atoms with Gasteiger partial charge >= 0.3 is 0 Å². The zero-order chi connectivity index (χ0) is 24.6. The van der Waals surface area contributed by atoms with E-state index in [9.17, 15) is 9.59 Å². The Bertz CT molecular complexity index is 1120. The second-order valence-corrected chi connectivity index (χ2v) is 8.95. The first-order valence-electron chi connectivity index (χ1n) is 12.0. The van der Waals surface area contributed by atoms with Crippen LogP contribution in [-0.2, 0) is 0 Å². The van der Waals surface area contributed by atoms with Crippen LogP contribution >= 0.6 is 11.6 Å². The molecule has 0 radical (unpaired) electrons. The molecule has 0 unspecified atom stereocenters. The molecule has 4 rings (SSSR count). The van der Waals surface area contributed by atoms with E-state index in [4.69, 9.17) is 16.3 Å². The molecule has 0 bridgehead atoms. The lowest BCUT2D eigenvalue weighted by Gasteiger charge is -2.36. The molecule has 1 fully saturated rings. The van der Waals surface area contributed by atoms with E-state index < -0.39 is 0 Å². The van der Waals surface area contributed by atoms with Crippen LogP contribution in [0.5, 0.6) is 5.75 Å². The van der Waals surface area contributed by atoms with Crippen molar-refractivity contribution in [3.63, 3.8) is 0 Å². The zero-order valence-corrected chi connectivity index (χ0v) is 20.6. The smallest absolute Gasteiger partial charge is 0.255 e. The molecule has 1 aliphatic rings. The number of anilines is 2. The fourth-order valence-corrected chi connectivity index (χ4v) is 4.06. The van der Waals surface area contributed by atoms with Crippen molar-refractivity contribution in [2.45, 2.75) is 19.8 Å². The van der Waals surface area contributed by atoms with Gasteiger partial charge in [-0.05, 0) is 79.2 Å². The van der Waals surface area contributed by atoms with Gasteiger partial charge in [-0.1, -0.05) is 24.9 Å². The van der Waals surface area contributed by atoms with Crippen LogP contribution in [0.1, 0.15) is 40.5 Å². The van der Waals surface area contributed by atoms with E-state index in [2.05, 4.69) is 17.1 Å². The third kappa shape index (κ3) is 6.55. The Hall–Kier alpha value is -3.51. The molecular weight excluding hydrogens is 462 g/mol. The fourth-order valence-electron chi connectivity index (χ4n) is 3.94. The first-order chi connectivity index (χ1) is 17.0. The average molecular weight is 492 g/mol. The number of rotatable bonds is 8. The van der Waals surface area contributed by atoms with Crippen molar-refractivity contribution >= 4 is 34.8 Å². The van der Waals surface area contributed by atoms with Gasteiger partial charge in [-0.15, -0.1) is 0 Å². The summed E-state index contributed by atoms with van der Waals surface area (Å²) in [4.78, 5) is 29.4. The molecule has 0 aromatic heterocycles. The summed E-state index contributed by atoms with van der Waals surface area (Å²) in [7, 11) is 0. The maximum Gasteiger partial charge on any atom is 0.255 e. The van der Waals surface area contributed by atoms with Crippen molar-refractivity contribution in [3.05, 3.63) is 88.9 Å². The molecule has 3 aromatic rings. The molecule has 1 saturated heterocycles. The lowest BCUT2D eigenvalue weighted by atomic mass is 10.1. The molecule has 6 nitrogen and oxygen atoms in total. The molecule has 2 amide bonds. The number of carbonyl (C=O) groups excluding carboxylic acids is 2. The summed E-state index contributed by atoms with van der Waals surface area (Å²) in [5.41, 5.74) is 3.04. The minimum Gasteiger partial charge on any atom is -0.494 e. The van der Waals surface area contributed by atoms with Crippen LogP contribution in [0.4, 0.5) is 11.4 Å². The summed E-state index contributed by atoms with van der Waals surface area (Å²) >= 11 is 5.92. The molecule has 3 aromatic carbocycles. The zero-order valence-electron chi connectivity index (χ0n) is 19.9. The van der Waals surface area contributed by atoms with Crippen molar-refractivity contribution in [2.24, 2.45) is 0 Å². The number of piperazine rings is 1. The van der Waals surface area contributed by atoms with E-state index in [1.165, 1.54) is 0 Å². The number of unbranched alkanes of at least 4 members (excludes halogenated alkanes) is 1. The van der Waals surface area contributed by atoms with Crippen LogP contribution in [0, 0.1) is 0 Å². The summed E-state index contributed by atoms with van der Waals surface area (Å²) in [5, 5.41) is 3.57. The number of nitrogens with one attached hydrogen (secondary N) is 1. The predicted octanol–water partition coefficient (Wildman–Crippen LogP) is 5.73. The lowest BCUT2D eigenvalue weighted by Crippen LogP contribution is -2.48. The Morgan fingerprint density at radius 2 is 1.49 bits per heavy atom. The monoisotopic (exact) mass is 491 g/mol. The maximum atomic E-state index is 12.7. The molecule has 182 valence electrons. The van der Waals surface area contributed by atoms with Crippen LogP contribution in [0.2, 0.25) is 5.02 Å². The second-order valence-electron chi connectivity index (χ2n) is 8.51. The van der Waals surface area contributed by atoms with Gasteiger partial charge in [0.05, 0.1) is 6.61 Å². The van der Waals surface area contributed by atoms with Gasteiger partial charge in [0.15, 0.2) is 0 Å². The second kappa shape index (κ2) is 11.8. The summed E-state index contributed by atoms with van der Waals surface area (Å²) < 4.78 is 5.65. The van der Waals surface area contributed by atoms with Gasteiger partial charge < -0.3 is 19.9 Å². The third-order valence-corrected chi connectivity index (χ3v) is 6.28. The van der Waals surface area contributed by atoms with Gasteiger partial charge in [0, 0.05) is 53.7 Å². The largest absolute Gasteiger partial charge is 0.494 e. The molecule has 0 saturated carbocycles. The summed E-state index contributed by atoms with van der Waals surface area (Å²) in [6.45, 7) is 5.60. The standard InChI is InChI=1S/C28H30ClN3O3/c1-2-3-20-35-26-14-6-21(7-15-26)27(33)30-24-10-12-25(13-11-24)31-16-18-32(19-17-31)28(34)22-4-8-23(29)9-5-22/h4-15H,2-3,16-20H2,1H3,(H,30,33). The van der Waals surface area contributed by atoms with E-state index in [1.54, 1.807) is 36.4 Å². The Labute approximate surface area is 211 Å². The highest BCUT2D eigenvalue weighted by atomic mass is 35.5. The van der Waals surface area contributed by atoms with Crippen LogP contribution in [0.25, 0.3) is 0 Å². The minimum atomic E-state index is -0.160. The van der Waals surface area contributed by atoms with Crippen molar-refractivity contribution in [1.29, 1.82) is 0 Å². The van der Waals surface area contributed by atoms with Crippen molar-refractivity contribution in [2.75, 3.05) is 43.0 Å². The number of hydrogen-bond acceptors (Lipinski definition) is 4. The Morgan fingerprint density at radius 1 is 0.857 bits per heavy atom. The minimum absolute atomic E-state index is 0.0277. The number of halogens is 1. The first-order valence-corrected chi connectivity index (χ1v) is 12.4. The van der Waals surface area contributed by atoms with Gasteiger partial charge in [-0.3, -0.25) is 9.59 Å². The van der Waals surface area contributed by atoms with E-state index in [1.807, 2.05) is 41.3 Å². The van der Waals surface area contributed by atoms with E-state index in [0.717, 1.165) is 43.1 Å². The third-order valence-electron chi connectivity index (χ3n) is 6.03. The van der Waals surface area contributed by atoms with Crippen molar-refractivity contribution in [1.82, 2.24) is 4.90 Å². The van der Waals surface area contributed by atoms with Gasteiger partial charge in [0.1, 0.15) is 5.75 Å². The normalized spacial score (nSPS) is 13.4. The van der Waals surface area contributed by atoms with Crippen molar-refractivity contribution in [3.8, 4) is 5.75 Å². The summed E-state index contributed by atoms with van der Waals surface area (Å²) in [6, 6.07) is 22.0. The molecule has 1 aliphatic heterocycles. The quantitative estimate of drug-likeness (QED) is 0.408. The van der Waals surface area contributed by atoms with E-state index >= 15 is 0 Å². The Balaban J connectivity index is 1.28. The predicted molar refractivity (Wildman–Crippen MR) is 141 cm³/mol. The van der Waals surface area contributed by atoms with Gasteiger partial charge in [0.25, 0.3) is 11.8 Å². The van der Waals surface area contributed by atoms with Crippen molar-refractivity contribution < 1.29 is 14.3 Å². The van der Waals surface area contributed by atoms with Gasteiger partial charge in [-0.25, -0.2) is 0 Å². The highest BCUT2D eigenvalue weighted by Gasteiger charge is 2.22. The molecule has 35 heavy (non-hydrogen) atoms. The molecule has 7 heteroatoms. The highest BCUT2D eigenvalue weighted by Crippen LogP contribution is 2.21. The SMILES string of the molecule is CCCCOc1ccc(C(=O)Nc2ccc(N3CCN(C(=O)c4ccc(Cl)cc4)CC3)cc2)cc1. The number of amides is 2. The van der Waals surface area contributed by atoms with Gasteiger partial charge in [-0.2, -0.15) is 0 Å². The molecule has 0 aliphatic carbocycles. The molecule has 1 heterocycles. The topological polar surface area (TPSA) is 61.9 Å². The molecule has 0 spiro atoms. The molecule has 0 atom stereocenters. The highest BCUT2D eigenvalue weighted by molar-refractivity contribution is 6.30. The van der Waals surface area contributed by atoms with E-state index in [-0.39, 0.29) is 11.8 Å². The average Bonchev–Trinajstić information content (AvgIpc) is 2.90. The Morgan fingerprint density at radius 3 is 2.11 bits per heavy atom. The number of benzene rings is 3. The van der Waals surface area contributed by atoms with Crippen LogP contribution in [-0.4, -0.2) is 49.5 Å². The Kier molecular flexibility index (Phi) is 8.27. The van der Waals surface area contributed by atoms with Crippen LogP contribution < -0.4 is 15.0 Å². The van der Waals surface area contributed by atoms with Gasteiger partial charge in [0.2, 0.25) is 0 Å². The summed E-state index contributed by atoms with van der Waals surface area (Å²) in [5.74, 6) is 0.640. The number of nitrogens with zero attached hydrogens (tertiary/aromatic N) is 2. The lowest BCUT2D eigenvalue weighted by molar-refractivity contribution is 0.0746. The van der Waals surface area contributed by atoms with Crippen LogP contribution in [0.3, 0.4) is 0 Å². The first kappa shape index (κ1) is 24.6. The molecular formula is C28H30ClN3O3.